The minimum atomic E-state index is -0.294. The highest BCUT2D eigenvalue weighted by Crippen LogP contribution is 2.14. The molecule has 1 aliphatic heterocycles. The van der Waals surface area contributed by atoms with Crippen LogP contribution in [0.3, 0.4) is 0 Å². The van der Waals surface area contributed by atoms with E-state index in [9.17, 15) is 5.11 Å². The molecule has 2 aromatic carbocycles. The molecular weight excluding hydrogens is 260 g/mol. The van der Waals surface area contributed by atoms with Gasteiger partial charge >= 0.3 is 0 Å². The van der Waals surface area contributed by atoms with Gasteiger partial charge in [0.05, 0.1) is 6.10 Å². The summed E-state index contributed by atoms with van der Waals surface area (Å²) in [7, 11) is 0. The van der Waals surface area contributed by atoms with Gasteiger partial charge in [-0.05, 0) is 11.1 Å². The number of aliphatic hydroxyl groups is 1. The molecule has 1 heterocycles. The van der Waals surface area contributed by atoms with Crippen LogP contribution < -0.4 is 5.32 Å². The first-order valence-corrected chi connectivity index (χ1v) is 7.53. The lowest BCUT2D eigenvalue weighted by Gasteiger charge is -2.17. The third-order valence-electron chi connectivity index (χ3n) is 4.02. The third kappa shape index (κ3) is 3.91. The first-order chi connectivity index (χ1) is 10.3. The van der Waals surface area contributed by atoms with Crippen molar-refractivity contribution in [3.63, 3.8) is 0 Å². The third-order valence-corrected chi connectivity index (χ3v) is 4.02. The molecule has 3 nitrogen and oxygen atoms in total. The Morgan fingerprint density at radius 2 is 1.52 bits per heavy atom. The molecular formula is C18H22N2O. The fraction of sp³-hybridized carbons (Fsp3) is 0.333. The predicted molar refractivity (Wildman–Crippen MR) is 84.8 cm³/mol. The molecule has 0 radical (unpaired) electrons. The zero-order chi connectivity index (χ0) is 14.5. The molecule has 0 aliphatic carbocycles. The molecule has 0 saturated carbocycles. The molecule has 0 bridgehead atoms. The Kier molecular flexibility index (Phi) is 4.65. The Labute approximate surface area is 126 Å². The van der Waals surface area contributed by atoms with Crippen molar-refractivity contribution in [2.45, 2.75) is 25.2 Å². The summed E-state index contributed by atoms with van der Waals surface area (Å²) in [6.45, 7) is 3.34. The Bertz CT molecular complexity index is 544. The van der Waals surface area contributed by atoms with Crippen molar-refractivity contribution < 1.29 is 5.11 Å². The van der Waals surface area contributed by atoms with Crippen LogP contribution in [0.15, 0.2) is 60.7 Å². The maximum Gasteiger partial charge on any atom is 0.0832 e. The van der Waals surface area contributed by atoms with Crippen LogP contribution in [0.2, 0.25) is 0 Å². The maximum atomic E-state index is 10.2. The van der Waals surface area contributed by atoms with E-state index >= 15 is 0 Å². The molecule has 0 aromatic heterocycles. The summed E-state index contributed by atoms with van der Waals surface area (Å²) in [4.78, 5) is 2.31. The van der Waals surface area contributed by atoms with Gasteiger partial charge in [0.2, 0.25) is 0 Å². The minimum Gasteiger partial charge on any atom is -0.390 e. The van der Waals surface area contributed by atoms with Gasteiger partial charge < -0.3 is 10.4 Å². The standard InChI is InChI=1S/C18H22N2O/c21-18-14-20(12-16-9-5-2-6-10-16)13-17(18)19-11-15-7-3-1-4-8-15/h1-10,17-19,21H,11-14H2/t17-,18-/m1/s1. The lowest BCUT2D eigenvalue weighted by atomic mass is 10.2. The van der Waals surface area contributed by atoms with E-state index in [2.05, 4.69) is 46.6 Å². The van der Waals surface area contributed by atoms with Crippen molar-refractivity contribution in [2.75, 3.05) is 13.1 Å². The summed E-state index contributed by atoms with van der Waals surface area (Å²) in [6, 6.07) is 20.9. The number of hydrogen-bond acceptors (Lipinski definition) is 3. The minimum absolute atomic E-state index is 0.147. The van der Waals surface area contributed by atoms with Crippen LogP contribution in [0.5, 0.6) is 0 Å². The molecule has 3 heteroatoms. The summed E-state index contributed by atoms with van der Waals surface area (Å²) in [5.41, 5.74) is 2.56. The summed E-state index contributed by atoms with van der Waals surface area (Å²) in [5.74, 6) is 0. The number of β-amino-alcohol motifs (C(OH)–C–C–N with tert-alkyl or cyclic N) is 1. The average molecular weight is 282 g/mol. The lowest BCUT2D eigenvalue weighted by molar-refractivity contribution is 0.152. The Morgan fingerprint density at radius 1 is 0.905 bits per heavy atom. The first-order valence-electron chi connectivity index (χ1n) is 7.53. The maximum absolute atomic E-state index is 10.2. The zero-order valence-corrected chi connectivity index (χ0v) is 12.2. The smallest absolute Gasteiger partial charge is 0.0832 e. The highest BCUT2D eigenvalue weighted by Gasteiger charge is 2.30. The SMILES string of the molecule is O[C@@H]1CN(Cc2ccccc2)C[C@H]1NCc1ccccc1. The van der Waals surface area contributed by atoms with Gasteiger partial charge in [0.1, 0.15) is 0 Å². The zero-order valence-electron chi connectivity index (χ0n) is 12.2. The molecule has 3 rings (SSSR count). The van der Waals surface area contributed by atoms with Crippen molar-refractivity contribution in [1.29, 1.82) is 0 Å². The predicted octanol–water partition coefficient (Wildman–Crippen LogP) is 2.02. The van der Waals surface area contributed by atoms with Crippen LogP contribution in [0.25, 0.3) is 0 Å². The van der Waals surface area contributed by atoms with Crippen molar-refractivity contribution in [1.82, 2.24) is 10.2 Å². The summed E-state index contributed by atoms with van der Waals surface area (Å²) in [5, 5.41) is 13.7. The van der Waals surface area contributed by atoms with Crippen LogP contribution in [0.1, 0.15) is 11.1 Å². The van der Waals surface area contributed by atoms with Crippen molar-refractivity contribution >= 4 is 0 Å². The number of aliphatic hydroxyl groups excluding tert-OH is 1. The van der Waals surface area contributed by atoms with E-state index in [0.29, 0.717) is 0 Å². The quantitative estimate of drug-likeness (QED) is 0.881. The Balaban J connectivity index is 1.51. The van der Waals surface area contributed by atoms with Gasteiger partial charge in [-0.3, -0.25) is 4.90 Å². The first kappa shape index (κ1) is 14.3. The van der Waals surface area contributed by atoms with Crippen LogP contribution in [-0.2, 0) is 13.1 Å². The van der Waals surface area contributed by atoms with Gasteiger partial charge in [0, 0.05) is 32.2 Å². The summed E-state index contributed by atoms with van der Waals surface area (Å²) >= 11 is 0. The number of rotatable bonds is 5. The highest BCUT2D eigenvalue weighted by atomic mass is 16.3. The molecule has 2 aromatic rings. The molecule has 1 fully saturated rings. The van der Waals surface area contributed by atoms with Crippen LogP contribution in [0.4, 0.5) is 0 Å². The van der Waals surface area contributed by atoms with Crippen molar-refractivity contribution in [3.05, 3.63) is 71.8 Å². The number of likely N-dealkylation sites (tertiary alicyclic amines) is 1. The van der Waals surface area contributed by atoms with E-state index < -0.39 is 0 Å². The van der Waals surface area contributed by atoms with Gasteiger partial charge in [0.25, 0.3) is 0 Å². The Morgan fingerprint density at radius 3 is 2.19 bits per heavy atom. The van der Waals surface area contributed by atoms with Gasteiger partial charge in [-0.25, -0.2) is 0 Å². The van der Waals surface area contributed by atoms with Crippen LogP contribution >= 0.6 is 0 Å². The number of hydrogen-bond donors (Lipinski definition) is 2. The average Bonchev–Trinajstić information content (AvgIpc) is 2.87. The Hall–Kier alpha value is -1.68. The normalized spacial score (nSPS) is 22.5. The summed E-state index contributed by atoms with van der Waals surface area (Å²) in [6.07, 6.45) is -0.294. The highest BCUT2D eigenvalue weighted by molar-refractivity contribution is 5.16. The van der Waals surface area contributed by atoms with Gasteiger partial charge in [-0.2, -0.15) is 0 Å². The second-order valence-corrected chi connectivity index (χ2v) is 5.72. The molecule has 0 spiro atoms. The van der Waals surface area contributed by atoms with Crippen LogP contribution in [0, 0.1) is 0 Å². The van der Waals surface area contributed by atoms with E-state index in [0.717, 1.165) is 26.2 Å². The van der Waals surface area contributed by atoms with E-state index in [1.54, 1.807) is 0 Å². The van der Waals surface area contributed by atoms with Gasteiger partial charge in [0.15, 0.2) is 0 Å². The number of nitrogens with one attached hydrogen (secondary N) is 1. The number of benzene rings is 2. The fourth-order valence-electron chi connectivity index (χ4n) is 2.88. The molecule has 0 unspecified atom stereocenters. The van der Waals surface area contributed by atoms with Gasteiger partial charge in [-0.15, -0.1) is 0 Å². The molecule has 2 atom stereocenters. The topological polar surface area (TPSA) is 35.5 Å². The lowest BCUT2D eigenvalue weighted by Crippen LogP contribution is -2.38. The largest absolute Gasteiger partial charge is 0.390 e. The van der Waals surface area contributed by atoms with Crippen LogP contribution in [-0.4, -0.2) is 35.2 Å². The fourth-order valence-corrected chi connectivity index (χ4v) is 2.88. The molecule has 2 N–H and O–H groups in total. The van der Waals surface area contributed by atoms with E-state index in [-0.39, 0.29) is 12.1 Å². The summed E-state index contributed by atoms with van der Waals surface area (Å²) < 4.78 is 0. The van der Waals surface area contributed by atoms with Crippen molar-refractivity contribution in [2.24, 2.45) is 0 Å². The molecule has 110 valence electrons. The van der Waals surface area contributed by atoms with Crippen molar-refractivity contribution in [3.8, 4) is 0 Å². The molecule has 0 amide bonds. The molecule has 1 aliphatic rings. The molecule has 1 saturated heterocycles. The number of nitrogens with zero attached hydrogens (tertiary/aromatic N) is 1. The second kappa shape index (κ2) is 6.85. The second-order valence-electron chi connectivity index (χ2n) is 5.72. The van der Waals surface area contributed by atoms with E-state index in [4.69, 9.17) is 0 Å². The van der Waals surface area contributed by atoms with E-state index in [1.807, 2.05) is 24.3 Å². The molecule has 21 heavy (non-hydrogen) atoms. The van der Waals surface area contributed by atoms with Gasteiger partial charge in [-0.1, -0.05) is 60.7 Å². The van der Waals surface area contributed by atoms with E-state index in [1.165, 1.54) is 11.1 Å². The monoisotopic (exact) mass is 282 g/mol.